The predicted molar refractivity (Wildman–Crippen MR) is 64.9 cm³/mol. The van der Waals surface area contributed by atoms with Gasteiger partial charge in [0, 0.05) is 11.8 Å². The first-order valence-electron chi connectivity index (χ1n) is 5.56. The van der Waals surface area contributed by atoms with E-state index in [4.69, 9.17) is 4.74 Å². The summed E-state index contributed by atoms with van der Waals surface area (Å²) in [7, 11) is 0. The quantitative estimate of drug-likeness (QED) is 0.830. The molecule has 1 aromatic heterocycles. The van der Waals surface area contributed by atoms with Gasteiger partial charge in [0.15, 0.2) is 0 Å². The molecule has 2 heterocycles. The summed E-state index contributed by atoms with van der Waals surface area (Å²) < 4.78 is 5.02. The Bertz CT molecular complexity index is 429. The Balaban J connectivity index is 2.31. The summed E-state index contributed by atoms with van der Waals surface area (Å²) in [5.74, 6) is -0.455. The molecule has 2 unspecified atom stereocenters. The Labute approximate surface area is 104 Å². The van der Waals surface area contributed by atoms with Crippen molar-refractivity contribution in [3.05, 3.63) is 22.4 Å². The lowest BCUT2D eigenvalue weighted by molar-refractivity contribution is -0.147. The highest BCUT2D eigenvalue weighted by molar-refractivity contribution is 7.08. The van der Waals surface area contributed by atoms with Gasteiger partial charge in [0.2, 0.25) is 5.91 Å². The lowest BCUT2D eigenvalue weighted by Crippen LogP contribution is -2.45. The lowest BCUT2D eigenvalue weighted by atomic mass is 9.77. The van der Waals surface area contributed by atoms with Gasteiger partial charge in [-0.15, -0.1) is 0 Å². The van der Waals surface area contributed by atoms with Crippen LogP contribution in [0, 0.1) is 0 Å². The molecule has 1 N–H and O–H groups in total. The van der Waals surface area contributed by atoms with Crippen LogP contribution >= 0.6 is 11.3 Å². The second-order valence-corrected chi connectivity index (χ2v) is 5.14. The summed E-state index contributed by atoms with van der Waals surface area (Å²) in [6.07, 6.45) is 0.327. The molecule has 1 amide bonds. The second kappa shape index (κ2) is 4.49. The van der Waals surface area contributed by atoms with Crippen LogP contribution in [0.4, 0.5) is 0 Å². The first-order chi connectivity index (χ1) is 8.08. The van der Waals surface area contributed by atoms with Crippen LogP contribution < -0.4 is 5.32 Å². The number of hydrogen-bond acceptors (Lipinski definition) is 4. The Morgan fingerprint density at radius 1 is 1.71 bits per heavy atom. The maximum absolute atomic E-state index is 11.9. The molecule has 1 aromatic rings. The van der Waals surface area contributed by atoms with E-state index >= 15 is 0 Å². The normalized spacial score (nSPS) is 27.9. The molecular formula is C12H15NO3S. The number of rotatable bonds is 3. The minimum absolute atomic E-state index is 0.100. The van der Waals surface area contributed by atoms with Crippen LogP contribution in [-0.4, -0.2) is 24.5 Å². The van der Waals surface area contributed by atoms with Crippen molar-refractivity contribution in [3.63, 3.8) is 0 Å². The van der Waals surface area contributed by atoms with Gasteiger partial charge in [0.25, 0.3) is 0 Å². The fourth-order valence-electron chi connectivity index (χ4n) is 2.21. The van der Waals surface area contributed by atoms with Crippen molar-refractivity contribution in [2.75, 3.05) is 6.61 Å². The summed E-state index contributed by atoms with van der Waals surface area (Å²) in [6.45, 7) is 4.01. The van der Waals surface area contributed by atoms with Crippen molar-refractivity contribution < 1.29 is 14.3 Å². The molecule has 1 fully saturated rings. The van der Waals surface area contributed by atoms with Crippen molar-refractivity contribution in [1.82, 2.24) is 5.32 Å². The van der Waals surface area contributed by atoms with Crippen molar-refractivity contribution in [1.29, 1.82) is 0 Å². The van der Waals surface area contributed by atoms with Crippen LogP contribution in [0.3, 0.4) is 0 Å². The average molecular weight is 253 g/mol. The van der Waals surface area contributed by atoms with Gasteiger partial charge < -0.3 is 10.1 Å². The number of thiophene rings is 1. The number of carbonyl (C=O) groups excluding carboxylic acids is 2. The van der Waals surface area contributed by atoms with Crippen molar-refractivity contribution >= 4 is 23.2 Å². The molecule has 0 aromatic carbocycles. The molecule has 1 aliphatic rings. The van der Waals surface area contributed by atoms with Crippen LogP contribution in [0.2, 0.25) is 0 Å². The third-order valence-corrected chi connectivity index (χ3v) is 3.86. The van der Waals surface area contributed by atoms with E-state index in [2.05, 4.69) is 5.32 Å². The minimum Gasteiger partial charge on any atom is -0.464 e. The van der Waals surface area contributed by atoms with E-state index in [0.717, 1.165) is 5.56 Å². The van der Waals surface area contributed by atoms with Crippen LogP contribution in [0.1, 0.15) is 25.8 Å². The number of ether oxygens (including phenoxy) is 1. The highest BCUT2D eigenvalue weighted by Crippen LogP contribution is 2.37. The van der Waals surface area contributed by atoms with Gasteiger partial charge in [-0.3, -0.25) is 4.79 Å². The molecule has 2 rings (SSSR count). The number of amides is 1. The fourth-order valence-corrected chi connectivity index (χ4v) is 3.01. The van der Waals surface area contributed by atoms with Gasteiger partial charge in [0.1, 0.15) is 6.04 Å². The predicted octanol–water partition coefficient (Wildman–Crippen LogP) is 1.46. The van der Waals surface area contributed by atoms with Gasteiger partial charge in [-0.05, 0) is 29.3 Å². The molecule has 17 heavy (non-hydrogen) atoms. The Hall–Kier alpha value is -1.36. The fraction of sp³-hybridized carbons (Fsp3) is 0.500. The van der Waals surface area contributed by atoms with E-state index in [9.17, 15) is 9.59 Å². The van der Waals surface area contributed by atoms with Gasteiger partial charge in [-0.25, -0.2) is 4.79 Å². The highest BCUT2D eigenvalue weighted by Gasteiger charge is 2.49. The van der Waals surface area contributed by atoms with E-state index in [-0.39, 0.29) is 11.9 Å². The third-order valence-electron chi connectivity index (χ3n) is 3.17. The van der Waals surface area contributed by atoms with Crippen molar-refractivity contribution in [2.45, 2.75) is 31.7 Å². The number of carbonyl (C=O) groups is 2. The number of esters is 1. The minimum atomic E-state index is -0.579. The molecule has 0 spiro atoms. The summed E-state index contributed by atoms with van der Waals surface area (Å²) in [6, 6.07) is 1.38. The van der Waals surface area contributed by atoms with Gasteiger partial charge in [-0.1, -0.05) is 6.92 Å². The molecule has 4 nitrogen and oxygen atoms in total. The van der Waals surface area contributed by atoms with Crippen molar-refractivity contribution in [2.24, 2.45) is 0 Å². The summed E-state index contributed by atoms with van der Waals surface area (Å²) in [5.41, 5.74) is 0.516. The van der Waals surface area contributed by atoms with E-state index < -0.39 is 11.5 Å². The monoisotopic (exact) mass is 253 g/mol. The van der Waals surface area contributed by atoms with Gasteiger partial charge in [0.05, 0.1) is 6.61 Å². The van der Waals surface area contributed by atoms with E-state index in [0.29, 0.717) is 13.0 Å². The van der Waals surface area contributed by atoms with Crippen LogP contribution in [0.5, 0.6) is 0 Å². The maximum Gasteiger partial charge on any atom is 0.329 e. The molecule has 0 radical (unpaired) electrons. The number of nitrogens with one attached hydrogen (secondary N) is 1. The van der Waals surface area contributed by atoms with Gasteiger partial charge in [-0.2, -0.15) is 11.3 Å². The first-order valence-corrected chi connectivity index (χ1v) is 6.51. The first kappa shape index (κ1) is 12.1. The average Bonchev–Trinajstić information content (AvgIpc) is 2.87. The molecule has 0 aliphatic carbocycles. The SMILES string of the molecule is CCOC(=O)C1NC(=O)CC1(C)c1ccsc1. The highest BCUT2D eigenvalue weighted by atomic mass is 32.1. The molecule has 0 saturated carbocycles. The van der Waals surface area contributed by atoms with Gasteiger partial charge >= 0.3 is 5.97 Å². The smallest absolute Gasteiger partial charge is 0.329 e. The molecular weight excluding hydrogens is 238 g/mol. The lowest BCUT2D eigenvalue weighted by Gasteiger charge is -2.27. The zero-order valence-electron chi connectivity index (χ0n) is 9.86. The Kier molecular flexibility index (Phi) is 3.19. The molecule has 92 valence electrons. The molecule has 0 bridgehead atoms. The molecule has 2 atom stereocenters. The molecule has 5 heteroatoms. The summed E-state index contributed by atoms with van der Waals surface area (Å²) in [4.78, 5) is 23.4. The zero-order valence-corrected chi connectivity index (χ0v) is 10.7. The topological polar surface area (TPSA) is 55.4 Å². The van der Waals surface area contributed by atoms with Crippen LogP contribution in [-0.2, 0) is 19.7 Å². The van der Waals surface area contributed by atoms with Crippen LogP contribution in [0.25, 0.3) is 0 Å². The third kappa shape index (κ3) is 2.07. The Morgan fingerprint density at radius 3 is 3.06 bits per heavy atom. The zero-order chi connectivity index (χ0) is 12.5. The maximum atomic E-state index is 11.9. The number of hydrogen-bond donors (Lipinski definition) is 1. The Morgan fingerprint density at radius 2 is 2.47 bits per heavy atom. The van der Waals surface area contributed by atoms with E-state index in [1.54, 1.807) is 18.3 Å². The largest absolute Gasteiger partial charge is 0.464 e. The molecule has 1 aliphatic heterocycles. The van der Waals surface area contributed by atoms with Crippen molar-refractivity contribution in [3.8, 4) is 0 Å². The molecule has 1 saturated heterocycles. The summed E-state index contributed by atoms with van der Waals surface area (Å²) >= 11 is 1.56. The van der Waals surface area contributed by atoms with Crippen LogP contribution in [0.15, 0.2) is 16.8 Å². The standard InChI is InChI=1S/C12H15NO3S/c1-3-16-11(15)10-12(2,6-9(14)13-10)8-4-5-17-7-8/h4-5,7,10H,3,6H2,1-2H3,(H,13,14). The second-order valence-electron chi connectivity index (χ2n) is 4.36. The van der Waals surface area contributed by atoms with E-state index in [1.807, 2.05) is 23.8 Å². The van der Waals surface area contributed by atoms with E-state index in [1.165, 1.54) is 0 Å². The summed E-state index contributed by atoms with van der Waals surface area (Å²) in [5, 5.41) is 6.64.